The highest BCUT2D eigenvalue weighted by Gasteiger charge is 2.45. The number of carbonyl (C=O) groups is 1. The van der Waals surface area contributed by atoms with Gasteiger partial charge in [-0.2, -0.15) is 5.26 Å². The van der Waals surface area contributed by atoms with Crippen molar-refractivity contribution in [3.05, 3.63) is 35.4 Å². The molecule has 1 aliphatic heterocycles. The molecule has 0 radical (unpaired) electrons. The molecule has 3 rings (SSSR count). The quantitative estimate of drug-likeness (QED) is 0.919. The highest BCUT2D eigenvalue weighted by atomic mass is 16.2. The van der Waals surface area contributed by atoms with E-state index in [0.717, 1.165) is 31.5 Å². The van der Waals surface area contributed by atoms with Crippen LogP contribution >= 0.6 is 0 Å². The molecule has 21 heavy (non-hydrogen) atoms. The van der Waals surface area contributed by atoms with E-state index in [9.17, 15) is 4.79 Å². The second-order valence-corrected chi connectivity index (χ2v) is 6.45. The van der Waals surface area contributed by atoms with E-state index < -0.39 is 0 Å². The van der Waals surface area contributed by atoms with Gasteiger partial charge in [-0.15, -0.1) is 0 Å². The van der Waals surface area contributed by atoms with Gasteiger partial charge in [0, 0.05) is 6.54 Å². The van der Waals surface area contributed by atoms with Crippen molar-refractivity contribution in [3.63, 3.8) is 0 Å². The third-order valence-corrected chi connectivity index (χ3v) is 4.55. The molecule has 0 aromatic heterocycles. The zero-order chi connectivity index (χ0) is 14.9. The van der Waals surface area contributed by atoms with Crippen LogP contribution in [0.3, 0.4) is 0 Å². The van der Waals surface area contributed by atoms with Crippen molar-refractivity contribution in [2.45, 2.75) is 31.7 Å². The number of amides is 1. The van der Waals surface area contributed by atoms with Gasteiger partial charge < -0.3 is 5.32 Å². The molecule has 1 N–H and O–H groups in total. The molecule has 0 unspecified atom stereocenters. The topological polar surface area (TPSA) is 56.1 Å². The Kier molecular flexibility index (Phi) is 3.69. The number of nitrogens with zero attached hydrogens (tertiary/aromatic N) is 2. The summed E-state index contributed by atoms with van der Waals surface area (Å²) in [7, 11) is 0. The Bertz CT molecular complexity index is 586. The third-order valence-electron chi connectivity index (χ3n) is 4.55. The SMILES string of the molecule is C[C@H]1CCN(CC(=O)NC2(c3cccc(C#N)c3)CC2)C1. The molecule has 1 amide bonds. The number of hydrogen-bond acceptors (Lipinski definition) is 3. The maximum Gasteiger partial charge on any atom is 0.234 e. The van der Waals surface area contributed by atoms with E-state index in [1.165, 1.54) is 6.42 Å². The van der Waals surface area contributed by atoms with Crippen LogP contribution in [0.2, 0.25) is 0 Å². The minimum absolute atomic E-state index is 0.101. The highest BCUT2D eigenvalue weighted by molar-refractivity contribution is 5.79. The number of rotatable bonds is 4. The monoisotopic (exact) mass is 283 g/mol. The molecule has 0 spiro atoms. The molecule has 1 heterocycles. The number of nitriles is 1. The minimum Gasteiger partial charge on any atom is -0.345 e. The van der Waals surface area contributed by atoms with Crippen molar-refractivity contribution in [2.75, 3.05) is 19.6 Å². The van der Waals surface area contributed by atoms with E-state index in [4.69, 9.17) is 5.26 Å². The first-order chi connectivity index (χ1) is 10.1. The zero-order valence-electron chi connectivity index (χ0n) is 12.4. The third kappa shape index (κ3) is 3.08. The molecule has 110 valence electrons. The number of likely N-dealkylation sites (tertiary alicyclic amines) is 1. The number of carbonyl (C=O) groups excluding carboxylic acids is 1. The molecule has 1 aromatic rings. The van der Waals surface area contributed by atoms with Crippen LogP contribution in [-0.2, 0) is 10.3 Å². The Hall–Kier alpha value is -1.86. The Balaban J connectivity index is 1.63. The van der Waals surface area contributed by atoms with E-state index in [0.29, 0.717) is 18.0 Å². The van der Waals surface area contributed by atoms with Crippen LogP contribution in [0, 0.1) is 17.2 Å². The van der Waals surface area contributed by atoms with Crippen LogP contribution in [0.15, 0.2) is 24.3 Å². The molecule has 1 saturated carbocycles. The van der Waals surface area contributed by atoms with Crippen molar-refractivity contribution in [1.82, 2.24) is 10.2 Å². The van der Waals surface area contributed by atoms with Crippen LogP contribution in [0.25, 0.3) is 0 Å². The summed E-state index contributed by atoms with van der Waals surface area (Å²) in [5.74, 6) is 0.795. The Morgan fingerprint density at radius 3 is 2.95 bits per heavy atom. The van der Waals surface area contributed by atoms with Crippen LogP contribution in [0.1, 0.15) is 37.3 Å². The number of nitrogens with one attached hydrogen (secondary N) is 1. The van der Waals surface area contributed by atoms with Crippen molar-refractivity contribution in [1.29, 1.82) is 5.26 Å². The first-order valence-corrected chi connectivity index (χ1v) is 7.65. The summed E-state index contributed by atoms with van der Waals surface area (Å²) in [6.45, 7) is 4.76. The lowest BCUT2D eigenvalue weighted by Crippen LogP contribution is -2.41. The fraction of sp³-hybridized carbons (Fsp3) is 0.529. The maximum atomic E-state index is 12.3. The van der Waals surface area contributed by atoms with E-state index >= 15 is 0 Å². The van der Waals surface area contributed by atoms with Crippen molar-refractivity contribution in [2.24, 2.45) is 5.92 Å². The lowest BCUT2D eigenvalue weighted by molar-refractivity contribution is -0.123. The molecule has 2 aliphatic rings. The smallest absolute Gasteiger partial charge is 0.234 e. The Morgan fingerprint density at radius 1 is 1.52 bits per heavy atom. The van der Waals surface area contributed by atoms with Gasteiger partial charge in [-0.05, 0) is 49.4 Å². The summed E-state index contributed by atoms with van der Waals surface area (Å²) in [6.07, 6.45) is 3.11. The minimum atomic E-state index is -0.227. The van der Waals surface area contributed by atoms with E-state index in [2.05, 4.69) is 23.2 Å². The van der Waals surface area contributed by atoms with Gasteiger partial charge in [-0.25, -0.2) is 0 Å². The second-order valence-electron chi connectivity index (χ2n) is 6.45. The van der Waals surface area contributed by atoms with Crippen LogP contribution in [0.5, 0.6) is 0 Å². The highest BCUT2D eigenvalue weighted by Crippen LogP contribution is 2.45. The van der Waals surface area contributed by atoms with Crippen LogP contribution in [-0.4, -0.2) is 30.4 Å². The van der Waals surface area contributed by atoms with E-state index in [1.54, 1.807) is 6.07 Å². The van der Waals surface area contributed by atoms with Gasteiger partial charge in [0.25, 0.3) is 0 Å². The summed E-state index contributed by atoms with van der Waals surface area (Å²) < 4.78 is 0. The predicted octanol–water partition coefficient (Wildman–Crippen LogP) is 2.01. The first kappa shape index (κ1) is 14.1. The Morgan fingerprint density at radius 2 is 2.33 bits per heavy atom. The standard InChI is InChI=1S/C17H21N3O/c1-13-5-8-20(11-13)12-16(21)19-17(6-7-17)15-4-2-3-14(9-15)10-18/h2-4,9,13H,5-8,11-12H2,1H3,(H,19,21)/t13-/m0/s1. The normalized spacial score (nSPS) is 23.5. The summed E-state index contributed by atoms with van der Waals surface area (Å²) in [4.78, 5) is 14.5. The van der Waals surface area contributed by atoms with Crippen LogP contribution in [0.4, 0.5) is 0 Å². The molecular formula is C17H21N3O. The lowest BCUT2D eigenvalue weighted by atomic mass is 10.0. The largest absolute Gasteiger partial charge is 0.345 e. The molecule has 0 bridgehead atoms. The average Bonchev–Trinajstić information content (AvgIpc) is 3.15. The first-order valence-electron chi connectivity index (χ1n) is 7.65. The van der Waals surface area contributed by atoms with E-state index in [1.807, 2.05) is 18.2 Å². The summed E-state index contributed by atoms with van der Waals surface area (Å²) in [5, 5.41) is 12.2. The molecule has 4 heteroatoms. The number of benzene rings is 1. The van der Waals surface area contributed by atoms with Gasteiger partial charge in [0.05, 0.1) is 23.7 Å². The molecule has 2 fully saturated rings. The molecular weight excluding hydrogens is 262 g/mol. The zero-order valence-corrected chi connectivity index (χ0v) is 12.4. The fourth-order valence-electron chi connectivity index (χ4n) is 3.18. The van der Waals surface area contributed by atoms with Gasteiger partial charge in [-0.1, -0.05) is 19.1 Å². The summed E-state index contributed by atoms with van der Waals surface area (Å²) in [5.41, 5.74) is 1.49. The predicted molar refractivity (Wildman–Crippen MR) is 80.4 cm³/mol. The summed E-state index contributed by atoms with van der Waals surface area (Å²) in [6, 6.07) is 9.75. The van der Waals surface area contributed by atoms with Crippen molar-refractivity contribution >= 4 is 5.91 Å². The Labute approximate surface area is 125 Å². The van der Waals surface area contributed by atoms with Gasteiger partial charge >= 0.3 is 0 Å². The molecule has 1 atom stereocenters. The van der Waals surface area contributed by atoms with Gasteiger partial charge in [0.2, 0.25) is 5.91 Å². The molecule has 4 nitrogen and oxygen atoms in total. The summed E-state index contributed by atoms with van der Waals surface area (Å²) >= 11 is 0. The van der Waals surface area contributed by atoms with Crippen LogP contribution < -0.4 is 5.32 Å². The van der Waals surface area contributed by atoms with Gasteiger partial charge in [-0.3, -0.25) is 9.69 Å². The van der Waals surface area contributed by atoms with Crippen molar-refractivity contribution < 1.29 is 4.79 Å². The average molecular weight is 283 g/mol. The molecule has 1 aromatic carbocycles. The van der Waals surface area contributed by atoms with Gasteiger partial charge in [0.15, 0.2) is 0 Å². The van der Waals surface area contributed by atoms with Gasteiger partial charge in [0.1, 0.15) is 0 Å². The number of hydrogen-bond donors (Lipinski definition) is 1. The maximum absolute atomic E-state index is 12.3. The molecule has 1 saturated heterocycles. The molecule has 1 aliphatic carbocycles. The van der Waals surface area contributed by atoms with Crippen molar-refractivity contribution in [3.8, 4) is 6.07 Å². The fourth-order valence-corrected chi connectivity index (χ4v) is 3.18. The van der Waals surface area contributed by atoms with E-state index in [-0.39, 0.29) is 11.4 Å². The lowest BCUT2D eigenvalue weighted by Gasteiger charge is -2.21. The second kappa shape index (κ2) is 5.50.